The van der Waals surface area contributed by atoms with Gasteiger partial charge in [0.2, 0.25) is 5.91 Å². The summed E-state index contributed by atoms with van der Waals surface area (Å²) in [6.07, 6.45) is 0.217. The van der Waals surface area contributed by atoms with Crippen LogP contribution in [0.2, 0.25) is 0 Å². The van der Waals surface area contributed by atoms with Crippen LogP contribution < -0.4 is 11.1 Å². The lowest BCUT2D eigenvalue weighted by Gasteiger charge is -2.10. The smallest absolute Gasteiger partial charge is 0.323 e. The number of halogens is 1. The summed E-state index contributed by atoms with van der Waals surface area (Å²) in [4.78, 5) is 22.9. The van der Waals surface area contributed by atoms with Crippen molar-refractivity contribution in [2.75, 3.05) is 23.4 Å². The van der Waals surface area contributed by atoms with Crippen molar-refractivity contribution in [2.45, 2.75) is 19.4 Å². The summed E-state index contributed by atoms with van der Waals surface area (Å²) in [5, 5.41) is 2.49. The van der Waals surface area contributed by atoms with Gasteiger partial charge in [-0.25, -0.2) is 4.39 Å². The molecule has 7 heteroatoms. The number of benzene rings is 1. The van der Waals surface area contributed by atoms with E-state index in [1.54, 1.807) is 19.1 Å². The van der Waals surface area contributed by atoms with Crippen molar-refractivity contribution in [2.24, 2.45) is 5.73 Å². The Kier molecular flexibility index (Phi) is 7.78. The van der Waals surface area contributed by atoms with E-state index < -0.39 is 17.8 Å². The van der Waals surface area contributed by atoms with Gasteiger partial charge in [-0.05, 0) is 19.1 Å². The molecule has 0 bridgehead atoms. The maximum absolute atomic E-state index is 13.3. The molecule has 0 radical (unpaired) electrons. The minimum absolute atomic E-state index is 0.163. The fourth-order valence-corrected chi connectivity index (χ4v) is 2.35. The Morgan fingerprint density at radius 1 is 1.43 bits per heavy atom. The molecule has 0 saturated heterocycles. The van der Waals surface area contributed by atoms with Crippen molar-refractivity contribution in [1.29, 1.82) is 0 Å². The van der Waals surface area contributed by atoms with Gasteiger partial charge >= 0.3 is 5.97 Å². The van der Waals surface area contributed by atoms with Crippen molar-refractivity contribution in [3.8, 4) is 0 Å². The Hall–Kier alpha value is -1.60. The highest BCUT2D eigenvalue weighted by Crippen LogP contribution is 2.13. The first kappa shape index (κ1) is 17.5. The van der Waals surface area contributed by atoms with Gasteiger partial charge in [-0.2, -0.15) is 11.8 Å². The van der Waals surface area contributed by atoms with Gasteiger partial charge in [-0.15, -0.1) is 0 Å². The first-order chi connectivity index (χ1) is 10.0. The predicted molar refractivity (Wildman–Crippen MR) is 81.6 cm³/mol. The van der Waals surface area contributed by atoms with Gasteiger partial charge in [0.1, 0.15) is 11.9 Å². The molecule has 1 aromatic carbocycles. The van der Waals surface area contributed by atoms with Crippen molar-refractivity contribution in [1.82, 2.24) is 0 Å². The van der Waals surface area contributed by atoms with Crippen LogP contribution in [0, 0.1) is 5.82 Å². The fraction of sp³-hybridized carbons (Fsp3) is 0.429. The van der Waals surface area contributed by atoms with Crippen LogP contribution >= 0.6 is 11.8 Å². The molecule has 0 saturated carbocycles. The van der Waals surface area contributed by atoms with Crippen LogP contribution in [0.15, 0.2) is 24.3 Å². The Morgan fingerprint density at radius 2 is 2.14 bits per heavy atom. The van der Waals surface area contributed by atoms with Gasteiger partial charge in [0.15, 0.2) is 0 Å². The molecule has 1 rings (SSSR count). The highest BCUT2D eigenvalue weighted by molar-refractivity contribution is 7.99. The van der Waals surface area contributed by atoms with E-state index in [1.807, 2.05) is 0 Å². The molecule has 3 N–H and O–H groups in total. The summed E-state index contributed by atoms with van der Waals surface area (Å²) in [6, 6.07) is 5.29. The topological polar surface area (TPSA) is 81.4 Å². The van der Waals surface area contributed by atoms with E-state index in [9.17, 15) is 14.0 Å². The monoisotopic (exact) mass is 314 g/mol. The third kappa shape index (κ3) is 6.59. The number of thioether (sulfide) groups is 1. The number of anilines is 1. The van der Waals surface area contributed by atoms with Gasteiger partial charge in [-0.1, -0.05) is 12.1 Å². The minimum Gasteiger partial charge on any atom is -0.465 e. The fourth-order valence-electron chi connectivity index (χ4n) is 1.47. The second kappa shape index (κ2) is 9.36. The third-order valence-electron chi connectivity index (χ3n) is 2.51. The largest absolute Gasteiger partial charge is 0.465 e. The van der Waals surface area contributed by atoms with Gasteiger partial charge in [0, 0.05) is 17.9 Å². The number of nitrogens with one attached hydrogen (secondary N) is 1. The van der Waals surface area contributed by atoms with Gasteiger partial charge in [0.05, 0.1) is 12.3 Å². The van der Waals surface area contributed by atoms with Gasteiger partial charge in [0.25, 0.3) is 0 Å². The highest BCUT2D eigenvalue weighted by atomic mass is 32.2. The number of para-hydroxylation sites is 1. The summed E-state index contributed by atoms with van der Waals surface area (Å²) in [5.41, 5.74) is 5.78. The number of esters is 1. The minimum atomic E-state index is -0.690. The predicted octanol–water partition coefficient (Wildman–Crippen LogP) is 1.78. The molecule has 21 heavy (non-hydrogen) atoms. The normalized spacial score (nSPS) is 11.8. The van der Waals surface area contributed by atoms with Crippen LogP contribution in [0.1, 0.15) is 13.3 Å². The van der Waals surface area contributed by atoms with Crippen LogP contribution in [0.5, 0.6) is 0 Å². The number of rotatable bonds is 8. The SMILES string of the molecule is CCOC(=O)C(N)CSCCC(=O)Nc1ccccc1F. The van der Waals surface area contributed by atoms with Crippen LogP contribution in [0.4, 0.5) is 10.1 Å². The zero-order chi connectivity index (χ0) is 15.7. The van der Waals surface area contributed by atoms with E-state index in [-0.39, 0.29) is 18.0 Å². The standard InChI is InChI=1S/C14H19FN2O3S/c1-2-20-14(19)11(16)9-21-8-7-13(18)17-12-6-4-3-5-10(12)15/h3-6,11H,2,7-9,16H2,1H3,(H,17,18). The molecule has 0 heterocycles. The molecule has 5 nitrogen and oxygen atoms in total. The summed E-state index contributed by atoms with van der Waals surface area (Å²) in [7, 11) is 0. The molecule has 0 aliphatic rings. The van der Waals surface area contributed by atoms with E-state index in [4.69, 9.17) is 10.5 Å². The second-order valence-electron chi connectivity index (χ2n) is 4.21. The molecule has 1 unspecified atom stereocenters. The molecule has 1 aromatic rings. The lowest BCUT2D eigenvalue weighted by atomic mass is 10.3. The van der Waals surface area contributed by atoms with Gasteiger partial charge < -0.3 is 15.8 Å². The number of amides is 1. The lowest BCUT2D eigenvalue weighted by molar-refractivity contribution is -0.144. The molecule has 116 valence electrons. The maximum Gasteiger partial charge on any atom is 0.323 e. The van der Waals surface area contributed by atoms with Crippen LogP contribution in [-0.4, -0.2) is 36.0 Å². The van der Waals surface area contributed by atoms with Crippen LogP contribution in [0.3, 0.4) is 0 Å². The zero-order valence-corrected chi connectivity index (χ0v) is 12.6. The molecule has 0 aromatic heterocycles. The zero-order valence-electron chi connectivity index (χ0n) is 11.8. The molecule has 0 fully saturated rings. The summed E-state index contributed by atoms with van der Waals surface area (Å²) < 4.78 is 18.1. The van der Waals surface area contributed by atoms with E-state index in [0.717, 1.165) is 0 Å². The first-order valence-corrected chi connectivity index (χ1v) is 7.74. The second-order valence-corrected chi connectivity index (χ2v) is 5.36. The average Bonchev–Trinajstić information content (AvgIpc) is 2.46. The van der Waals surface area contributed by atoms with Gasteiger partial charge in [-0.3, -0.25) is 9.59 Å². The number of ether oxygens (including phenoxy) is 1. The highest BCUT2D eigenvalue weighted by Gasteiger charge is 2.14. The Morgan fingerprint density at radius 3 is 2.81 bits per heavy atom. The van der Waals surface area contributed by atoms with Crippen molar-refractivity contribution >= 4 is 29.3 Å². The molecule has 0 aliphatic carbocycles. The van der Waals surface area contributed by atoms with E-state index in [0.29, 0.717) is 18.1 Å². The molecule has 1 atom stereocenters. The van der Waals surface area contributed by atoms with Crippen molar-refractivity contribution in [3.63, 3.8) is 0 Å². The number of hydrogen-bond acceptors (Lipinski definition) is 5. The first-order valence-electron chi connectivity index (χ1n) is 6.59. The lowest BCUT2D eigenvalue weighted by Crippen LogP contribution is -2.34. The summed E-state index contributed by atoms with van der Waals surface area (Å²) in [6.45, 7) is 2.01. The van der Waals surface area contributed by atoms with Crippen molar-refractivity contribution in [3.05, 3.63) is 30.1 Å². The number of hydrogen-bond donors (Lipinski definition) is 2. The van der Waals surface area contributed by atoms with E-state index in [1.165, 1.54) is 23.9 Å². The molecular formula is C14H19FN2O3S. The molecule has 0 aliphatic heterocycles. The third-order valence-corrected chi connectivity index (χ3v) is 3.60. The number of carbonyl (C=O) groups is 2. The van der Waals surface area contributed by atoms with E-state index in [2.05, 4.69) is 5.32 Å². The molecule has 1 amide bonds. The summed E-state index contributed by atoms with van der Waals surface area (Å²) in [5.74, 6) is -0.319. The Bertz CT molecular complexity index is 485. The Labute approximate surface area is 127 Å². The summed E-state index contributed by atoms with van der Waals surface area (Å²) >= 11 is 1.38. The van der Waals surface area contributed by atoms with Crippen molar-refractivity contribution < 1.29 is 18.7 Å². The van der Waals surface area contributed by atoms with E-state index >= 15 is 0 Å². The number of carbonyl (C=O) groups excluding carboxylic acids is 2. The van der Waals surface area contributed by atoms with Crippen LogP contribution in [0.25, 0.3) is 0 Å². The molecule has 0 spiro atoms. The molecular weight excluding hydrogens is 295 g/mol. The number of nitrogens with two attached hydrogens (primary N) is 1. The quantitative estimate of drug-likeness (QED) is 0.564. The maximum atomic E-state index is 13.3. The van der Waals surface area contributed by atoms with Crippen LogP contribution in [-0.2, 0) is 14.3 Å². The average molecular weight is 314 g/mol. The Balaban J connectivity index is 2.22.